The average molecular weight is 272 g/mol. The van der Waals surface area contributed by atoms with Gasteiger partial charge in [0.1, 0.15) is 0 Å². The van der Waals surface area contributed by atoms with Crippen LogP contribution in [0.5, 0.6) is 0 Å². The van der Waals surface area contributed by atoms with E-state index < -0.39 is 31.6 Å². The standard InChI is InChI=1S/C8H18O6P2/c1-6-7(2,3)16(12,13-5)14-8(6,4)15(9,10)11/h6H,1-5H3,(H2,9,10,11). The lowest BCUT2D eigenvalue weighted by Crippen LogP contribution is -2.37. The van der Waals surface area contributed by atoms with Gasteiger partial charge in [-0.05, 0) is 20.8 Å². The van der Waals surface area contributed by atoms with Crippen molar-refractivity contribution in [3.63, 3.8) is 0 Å². The summed E-state index contributed by atoms with van der Waals surface area (Å²) in [6, 6.07) is 0. The summed E-state index contributed by atoms with van der Waals surface area (Å²) < 4.78 is 33.8. The highest BCUT2D eigenvalue weighted by Gasteiger charge is 2.68. The minimum atomic E-state index is -4.53. The summed E-state index contributed by atoms with van der Waals surface area (Å²) in [6.07, 6.45) is 0. The van der Waals surface area contributed by atoms with Crippen LogP contribution in [0.3, 0.4) is 0 Å². The van der Waals surface area contributed by atoms with Gasteiger partial charge in [0, 0.05) is 13.0 Å². The molecule has 0 radical (unpaired) electrons. The van der Waals surface area contributed by atoms with Crippen molar-refractivity contribution in [2.24, 2.45) is 5.92 Å². The van der Waals surface area contributed by atoms with E-state index in [2.05, 4.69) is 0 Å². The molecule has 1 fully saturated rings. The maximum atomic E-state index is 12.3. The van der Waals surface area contributed by atoms with Crippen molar-refractivity contribution in [3.05, 3.63) is 0 Å². The molecular formula is C8H18O6P2. The molecule has 16 heavy (non-hydrogen) atoms. The summed E-state index contributed by atoms with van der Waals surface area (Å²) in [7, 11) is -6.83. The van der Waals surface area contributed by atoms with Gasteiger partial charge in [-0.3, -0.25) is 13.7 Å². The van der Waals surface area contributed by atoms with Crippen LogP contribution < -0.4 is 0 Å². The van der Waals surface area contributed by atoms with E-state index in [4.69, 9.17) is 9.05 Å². The zero-order chi connectivity index (χ0) is 13.0. The maximum Gasteiger partial charge on any atom is 0.357 e. The van der Waals surface area contributed by atoms with E-state index >= 15 is 0 Å². The van der Waals surface area contributed by atoms with E-state index in [1.54, 1.807) is 20.8 Å². The second-order valence-corrected chi connectivity index (χ2v) is 9.42. The fourth-order valence-corrected chi connectivity index (χ4v) is 5.73. The summed E-state index contributed by atoms with van der Waals surface area (Å²) in [5, 5.41) is -2.69. The van der Waals surface area contributed by atoms with Gasteiger partial charge in [-0.25, -0.2) is 0 Å². The lowest BCUT2D eigenvalue weighted by Gasteiger charge is -2.31. The fourth-order valence-electron chi connectivity index (χ4n) is 1.91. The number of rotatable bonds is 2. The van der Waals surface area contributed by atoms with Crippen LogP contribution in [0.4, 0.5) is 0 Å². The van der Waals surface area contributed by atoms with Crippen molar-refractivity contribution in [2.75, 3.05) is 7.11 Å². The van der Waals surface area contributed by atoms with Crippen LogP contribution in [0, 0.1) is 5.92 Å². The molecular weight excluding hydrogens is 254 g/mol. The van der Waals surface area contributed by atoms with Crippen LogP contribution in [0.25, 0.3) is 0 Å². The molecule has 96 valence electrons. The largest absolute Gasteiger partial charge is 0.357 e. The molecule has 6 nitrogen and oxygen atoms in total. The average Bonchev–Trinajstić information content (AvgIpc) is 2.26. The SMILES string of the molecule is COP1(=O)OC(C)(P(=O)(O)O)C(C)C1(C)C. The third-order valence-electron chi connectivity index (χ3n) is 3.69. The lowest BCUT2D eigenvalue weighted by molar-refractivity contribution is 0.102. The Kier molecular flexibility index (Phi) is 3.27. The Morgan fingerprint density at radius 3 is 2.00 bits per heavy atom. The summed E-state index contributed by atoms with van der Waals surface area (Å²) in [4.78, 5) is 18.6. The fraction of sp³-hybridized carbons (Fsp3) is 1.00. The van der Waals surface area contributed by atoms with Crippen molar-refractivity contribution in [3.8, 4) is 0 Å². The van der Waals surface area contributed by atoms with Gasteiger partial charge in [-0.2, -0.15) is 0 Å². The highest BCUT2D eigenvalue weighted by Crippen LogP contribution is 2.78. The zero-order valence-electron chi connectivity index (χ0n) is 10.00. The van der Waals surface area contributed by atoms with E-state index in [9.17, 15) is 18.9 Å². The third-order valence-corrected chi connectivity index (χ3v) is 8.37. The predicted octanol–water partition coefficient (Wildman–Crippen LogP) is 2.16. The van der Waals surface area contributed by atoms with Crippen LogP contribution in [-0.4, -0.2) is 27.4 Å². The molecule has 0 aromatic carbocycles. The van der Waals surface area contributed by atoms with Crippen molar-refractivity contribution >= 4 is 15.2 Å². The monoisotopic (exact) mass is 272 g/mol. The first-order valence-electron chi connectivity index (χ1n) is 4.84. The van der Waals surface area contributed by atoms with Crippen molar-refractivity contribution in [2.45, 2.75) is 38.2 Å². The first-order chi connectivity index (χ1) is 6.92. The summed E-state index contributed by atoms with van der Waals surface area (Å²) >= 11 is 0. The lowest BCUT2D eigenvalue weighted by atomic mass is 9.92. The van der Waals surface area contributed by atoms with E-state index in [1.165, 1.54) is 14.0 Å². The van der Waals surface area contributed by atoms with Gasteiger partial charge in [-0.1, -0.05) is 6.92 Å². The summed E-state index contributed by atoms with van der Waals surface area (Å²) in [5.74, 6) is -0.591. The Morgan fingerprint density at radius 2 is 1.81 bits per heavy atom. The van der Waals surface area contributed by atoms with E-state index in [0.717, 1.165) is 0 Å². The van der Waals surface area contributed by atoms with E-state index in [-0.39, 0.29) is 0 Å². The molecule has 0 aliphatic carbocycles. The van der Waals surface area contributed by atoms with Gasteiger partial charge >= 0.3 is 15.2 Å². The van der Waals surface area contributed by atoms with Crippen LogP contribution in [0.1, 0.15) is 27.7 Å². The van der Waals surface area contributed by atoms with E-state index in [0.29, 0.717) is 0 Å². The second kappa shape index (κ2) is 3.64. The number of hydrogen-bond donors (Lipinski definition) is 2. The molecule has 1 rings (SSSR count). The Bertz CT molecular complexity index is 386. The molecule has 1 aliphatic heterocycles. The smallest absolute Gasteiger partial charge is 0.322 e. The molecule has 1 heterocycles. The predicted molar refractivity (Wildman–Crippen MR) is 59.4 cm³/mol. The minimum Gasteiger partial charge on any atom is -0.322 e. The topological polar surface area (TPSA) is 93.1 Å². The molecule has 0 spiro atoms. The molecule has 1 aliphatic rings. The normalized spacial score (nSPS) is 43.6. The Hall–Kier alpha value is 0.300. The molecule has 8 heteroatoms. The third kappa shape index (κ3) is 1.64. The first-order valence-corrected chi connectivity index (χ1v) is 8.00. The summed E-state index contributed by atoms with van der Waals surface area (Å²) in [5.41, 5.74) is 0. The quantitative estimate of drug-likeness (QED) is 0.748. The highest BCUT2D eigenvalue weighted by atomic mass is 31.2. The van der Waals surface area contributed by atoms with Gasteiger partial charge in [0.25, 0.3) is 0 Å². The van der Waals surface area contributed by atoms with E-state index in [1.807, 2.05) is 0 Å². The van der Waals surface area contributed by atoms with Gasteiger partial charge in [-0.15, -0.1) is 0 Å². The van der Waals surface area contributed by atoms with Crippen LogP contribution >= 0.6 is 15.2 Å². The molecule has 3 atom stereocenters. The molecule has 2 N–H and O–H groups in total. The highest BCUT2D eigenvalue weighted by molar-refractivity contribution is 7.59. The van der Waals surface area contributed by atoms with Crippen LogP contribution in [0.2, 0.25) is 0 Å². The van der Waals surface area contributed by atoms with Gasteiger partial charge in [0.05, 0.1) is 5.16 Å². The zero-order valence-corrected chi connectivity index (χ0v) is 11.8. The van der Waals surface area contributed by atoms with Gasteiger partial charge < -0.3 is 14.3 Å². The second-order valence-electron chi connectivity index (χ2n) is 4.75. The molecule has 0 amide bonds. The van der Waals surface area contributed by atoms with Crippen LogP contribution in [-0.2, 0) is 18.2 Å². The van der Waals surface area contributed by atoms with Crippen molar-refractivity contribution < 1.29 is 28.0 Å². The Morgan fingerprint density at radius 1 is 1.38 bits per heavy atom. The van der Waals surface area contributed by atoms with Crippen molar-refractivity contribution in [1.29, 1.82) is 0 Å². The van der Waals surface area contributed by atoms with Gasteiger partial charge in [0.2, 0.25) is 0 Å². The molecule has 0 aromatic rings. The van der Waals surface area contributed by atoms with Crippen LogP contribution in [0.15, 0.2) is 0 Å². The minimum absolute atomic E-state index is 0.591. The maximum absolute atomic E-state index is 12.3. The molecule has 0 saturated carbocycles. The Balaban J connectivity index is 3.36. The molecule has 1 saturated heterocycles. The first kappa shape index (κ1) is 14.4. The molecule has 3 unspecified atom stereocenters. The number of hydrogen-bond acceptors (Lipinski definition) is 4. The molecule has 0 bridgehead atoms. The molecule has 0 aromatic heterocycles. The van der Waals surface area contributed by atoms with Crippen molar-refractivity contribution in [1.82, 2.24) is 0 Å². The summed E-state index contributed by atoms with van der Waals surface area (Å²) in [6.45, 7) is 6.14. The van der Waals surface area contributed by atoms with Gasteiger partial charge in [0.15, 0.2) is 5.34 Å². The Labute approximate surface area is 95.0 Å².